The zero-order valence-corrected chi connectivity index (χ0v) is 16.3. The number of methoxy groups -OCH3 is 1. The average Bonchev–Trinajstić information content (AvgIpc) is 2.78. The van der Waals surface area contributed by atoms with Crippen molar-refractivity contribution in [1.82, 2.24) is 0 Å². The Labute approximate surface area is 154 Å². The maximum Gasteiger partial charge on any atom is 0.224 e. The van der Waals surface area contributed by atoms with Crippen LogP contribution in [0.15, 0.2) is 22.5 Å². The molecule has 4 aliphatic rings. The Balaban J connectivity index is 1.87. The van der Waals surface area contributed by atoms with Gasteiger partial charge in [0.15, 0.2) is 17.3 Å². The number of carbonyl (C=O) groups is 2. The molecule has 5 heteroatoms. The molecule has 1 saturated carbocycles. The highest BCUT2D eigenvalue weighted by Crippen LogP contribution is 2.64. The summed E-state index contributed by atoms with van der Waals surface area (Å²) in [5, 5.41) is 11.4. The molecule has 1 saturated heterocycles. The van der Waals surface area contributed by atoms with Crippen molar-refractivity contribution in [2.45, 2.75) is 71.2 Å². The number of fused-ring (bicyclic) bond motifs is 2. The van der Waals surface area contributed by atoms with Gasteiger partial charge in [0.05, 0.1) is 18.3 Å². The van der Waals surface area contributed by atoms with Crippen LogP contribution in [0.25, 0.3) is 0 Å². The minimum Gasteiger partial charge on any atom is -0.492 e. The molecule has 0 radical (unpaired) electrons. The molecule has 2 bridgehead atoms. The lowest BCUT2D eigenvalue weighted by Gasteiger charge is -2.49. The topological polar surface area (TPSA) is 72.8 Å². The summed E-state index contributed by atoms with van der Waals surface area (Å²) in [4.78, 5) is 26.5. The normalized spacial score (nSPS) is 38.7. The lowest BCUT2D eigenvalue weighted by Crippen LogP contribution is -2.51. The SMILES string of the molecule is COC1=C(C(C)C)C(=O)C2=C(C[C@@]34CCCC(C)(C)[C@@H]3C[C@]2(O)O4)C1=O. The van der Waals surface area contributed by atoms with Crippen LogP contribution in [-0.4, -0.2) is 35.2 Å². The predicted molar refractivity (Wildman–Crippen MR) is 95.0 cm³/mol. The van der Waals surface area contributed by atoms with E-state index < -0.39 is 11.4 Å². The summed E-state index contributed by atoms with van der Waals surface area (Å²) in [7, 11) is 1.43. The van der Waals surface area contributed by atoms with Crippen LogP contribution in [0.5, 0.6) is 0 Å². The first kappa shape index (κ1) is 17.9. The van der Waals surface area contributed by atoms with E-state index in [1.54, 1.807) is 0 Å². The number of carbonyl (C=O) groups excluding carboxylic acids is 2. The maximum absolute atomic E-state index is 13.3. The number of hydrogen-bond acceptors (Lipinski definition) is 5. The van der Waals surface area contributed by atoms with Crippen molar-refractivity contribution in [2.75, 3.05) is 7.11 Å². The molecule has 0 aromatic rings. The van der Waals surface area contributed by atoms with E-state index in [0.29, 0.717) is 24.0 Å². The van der Waals surface area contributed by atoms with Crippen LogP contribution in [0.2, 0.25) is 0 Å². The van der Waals surface area contributed by atoms with E-state index in [9.17, 15) is 14.7 Å². The fraction of sp³-hybridized carbons (Fsp3) is 0.714. The van der Waals surface area contributed by atoms with Gasteiger partial charge in [-0.2, -0.15) is 0 Å². The number of hydrogen-bond donors (Lipinski definition) is 1. The largest absolute Gasteiger partial charge is 0.492 e. The van der Waals surface area contributed by atoms with Crippen LogP contribution in [0.1, 0.15) is 59.8 Å². The Morgan fingerprint density at radius 3 is 2.50 bits per heavy atom. The van der Waals surface area contributed by atoms with Gasteiger partial charge in [-0.25, -0.2) is 0 Å². The first-order valence-electron chi connectivity index (χ1n) is 9.60. The first-order valence-corrected chi connectivity index (χ1v) is 9.60. The number of rotatable bonds is 2. The summed E-state index contributed by atoms with van der Waals surface area (Å²) in [5.74, 6) is -2.12. The number of Topliss-reactive ketones (excluding diaryl/α,β-unsaturated/α-hetero) is 2. The van der Waals surface area contributed by atoms with Gasteiger partial charge in [-0.05, 0) is 30.1 Å². The number of aliphatic hydroxyl groups is 1. The summed E-state index contributed by atoms with van der Waals surface area (Å²) < 4.78 is 11.6. The monoisotopic (exact) mass is 360 g/mol. The Hall–Kier alpha value is -1.46. The van der Waals surface area contributed by atoms with Crippen LogP contribution < -0.4 is 0 Å². The minimum absolute atomic E-state index is 0.00182. The van der Waals surface area contributed by atoms with Crippen molar-refractivity contribution in [3.05, 3.63) is 22.5 Å². The van der Waals surface area contributed by atoms with Gasteiger partial charge in [0.25, 0.3) is 0 Å². The molecule has 1 spiro atoms. The third-order valence-corrected chi connectivity index (χ3v) is 7.00. The van der Waals surface area contributed by atoms with Crippen molar-refractivity contribution in [1.29, 1.82) is 0 Å². The fourth-order valence-corrected chi connectivity index (χ4v) is 5.90. The molecular weight excluding hydrogens is 332 g/mol. The molecule has 2 aliphatic heterocycles. The molecule has 5 nitrogen and oxygen atoms in total. The van der Waals surface area contributed by atoms with Gasteiger partial charge in [0, 0.05) is 24.0 Å². The van der Waals surface area contributed by atoms with Gasteiger partial charge in [0.2, 0.25) is 5.78 Å². The predicted octanol–water partition coefficient (Wildman–Crippen LogP) is 3.07. The number of ketones is 2. The smallest absolute Gasteiger partial charge is 0.224 e. The van der Waals surface area contributed by atoms with Crippen LogP contribution in [-0.2, 0) is 19.1 Å². The lowest BCUT2D eigenvalue weighted by atomic mass is 9.60. The number of allylic oxidation sites excluding steroid dienone is 2. The standard InChI is InChI=1S/C21H28O5/c1-11(2)14-17(23)15-12(16(22)18(14)25-5)9-20-8-6-7-19(3,4)13(20)10-21(15,24)26-20/h11,13,24H,6-10H2,1-5H3/t13-,20-,21-/m0/s1. The highest BCUT2D eigenvalue weighted by atomic mass is 16.6. The molecule has 26 heavy (non-hydrogen) atoms. The van der Waals surface area contributed by atoms with Gasteiger partial charge >= 0.3 is 0 Å². The molecule has 1 N–H and O–H groups in total. The van der Waals surface area contributed by atoms with Gasteiger partial charge in [0.1, 0.15) is 0 Å². The summed E-state index contributed by atoms with van der Waals surface area (Å²) in [6, 6.07) is 0. The Bertz CT molecular complexity index is 771. The van der Waals surface area contributed by atoms with Crippen molar-refractivity contribution < 1.29 is 24.2 Å². The molecule has 3 atom stereocenters. The molecule has 2 fully saturated rings. The highest BCUT2D eigenvalue weighted by molar-refractivity contribution is 6.25. The maximum atomic E-state index is 13.3. The van der Waals surface area contributed by atoms with Crippen molar-refractivity contribution in [3.63, 3.8) is 0 Å². The van der Waals surface area contributed by atoms with Gasteiger partial charge < -0.3 is 14.6 Å². The second-order valence-corrected chi connectivity index (χ2v) is 9.34. The molecular formula is C21H28O5. The van der Waals surface area contributed by atoms with E-state index in [1.165, 1.54) is 7.11 Å². The Morgan fingerprint density at radius 2 is 1.88 bits per heavy atom. The molecule has 0 amide bonds. The lowest BCUT2D eigenvalue weighted by molar-refractivity contribution is -0.220. The van der Waals surface area contributed by atoms with Crippen molar-refractivity contribution in [2.24, 2.45) is 17.3 Å². The molecule has 2 aliphatic carbocycles. The minimum atomic E-state index is -1.66. The third-order valence-electron chi connectivity index (χ3n) is 7.00. The average molecular weight is 360 g/mol. The molecule has 0 aromatic carbocycles. The van der Waals surface area contributed by atoms with Gasteiger partial charge in [-0.15, -0.1) is 0 Å². The Morgan fingerprint density at radius 1 is 1.19 bits per heavy atom. The summed E-state index contributed by atoms with van der Waals surface area (Å²) in [6.45, 7) is 8.12. The molecule has 2 heterocycles. The molecule has 142 valence electrons. The van der Waals surface area contributed by atoms with E-state index in [4.69, 9.17) is 9.47 Å². The quantitative estimate of drug-likeness (QED) is 0.766. The van der Waals surface area contributed by atoms with E-state index >= 15 is 0 Å². The van der Waals surface area contributed by atoms with Crippen LogP contribution in [0, 0.1) is 17.3 Å². The van der Waals surface area contributed by atoms with Crippen molar-refractivity contribution >= 4 is 11.6 Å². The summed E-state index contributed by atoms with van der Waals surface area (Å²) >= 11 is 0. The summed E-state index contributed by atoms with van der Waals surface area (Å²) in [6.07, 6.45) is 3.64. The fourth-order valence-electron chi connectivity index (χ4n) is 5.90. The number of ether oxygens (including phenoxy) is 2. The molecule has 0 aromatic heterocycles. The van der Waals surface area contributed by atoms with E-state index in [2.05, 4.69) is 13.8 Å². The first-order chi connectivity index (χ1) is 12.1. The second-order valence-electron chi connectivity index (χ2n) is 9.34. The second kappa shape index (κ2) is 5.29. The molecule has 4 rings (SSSR count). The zero-order chi connectivity index (χ0) is 19.1. The van der Waals surface area contributed by atoms with Gasteiger partial charge in [-0.3, -0.25) is 9.59 Å². The molecule has 0 unspecified atom stereocenters. The Kier molecular flexibility index (Phi) is 3.65. The van der Waals surface area contributed by atoms with Crippen LogP contribution in [0.3, 0.4) is 0 Å². The van der Waals surface area contributed by atoms with Crippen molar-refractivity contribution in [3.8, 4) is 0 Å². The van der Waals surface area contributed by atoms with E-state index in [0.717, 1.165) is 19.3 Å². The zero-order valence-electron chi connectivity index (χ0n) is 16.3. The van der Waals surface area contributed by atoms with E-state index in [-0.39, 0.29) is 40.1 Å². The van der Waals surface area contributed by atoms with Gasteiger partial charge in [-0.1, -0.05) is 34.1 Å². The third kappa shape index (κ3) is 2.10. The highest BCUT2D eigenvalue weighted by Gasteiger charge is 2.67. The van der Waals surface area contributed by atoms with Crippen LogP contribution in [0.4, 0.5) is 0 Å². The summed E-state index contributed by atoms with van der Waals surface area (Å²) in [5.41, 5.74) is 0.368. The van der Waals surface area contributed by atoms with Crippen LogP contribution >= 0.6 is 0 Å². The van der Waals surface area contributed by atoms with E-state index in [1.807, 2.05) is 13.8 Å².